The van der Waals surface area contributed by atoms with Crippen LogP contribution >= 0.6 is 15.9 Å². The van der Waals surface area contributed by atoms with E-state index >= 15 is 0 Å². The van der Waals surface area contributed by atoms with Gasteiger partial charge in [0.15, 0.2) is 11.8 Å². The van der Waals surface area contributed by atoms with Crippen molar-refractivity contribution in [1.82, 2.24) is 14.6 Å². The molecule has 2 aromatic heterocycles. The summed E-state index contributed by atoms with van der Waals surface area (Å²) >= 11 is 3.55. The summed E-state index contributed by atoms with van der Waals surface area (Å²) in [6.45, 7) is 15.3. The lowest BCUT2D eigenvalue weighted by Gasteiger charge is -2.41. The van der Waals surface area contributed by atoms with E-state index in [4.69, 9.17) is 14.8 Å². The maximum absolute atomic E-state index is 12.6. The lowest BCUT2D eigenvalue weighted by Crippen LogP contribution is -2.41. The first-order valence-electron chi connectivity index (χ1n) is 12.8. The third-order valence-corrected chi connectivity index (χ3v) is 7.60. The molecule has 1 N–H and O–H groups in total. The van der Waals surface area contributed by atoms with Gasteiger partial charge in [-0.3, -0.25) is 0 Å². The lowest BCUT2D eigenvalue weighted by molar-refractivity contribution is -0.160. The Morgan fingerprint density at radius 3 is 2.59 bits per heavy atom. The molecule has 4 rings (SSSR count). The molecule has 0 amide bonds. The van der Waals surface area contributed by atoms with Gasteiger partial charge in [-0.25, -0.2) is 9.78 Å². The summed E-state index contributed by atoms with van der Waals surface area (Å²) in [7, 11) is 0. The largest absolute Gasteiger partial charge is 0.479 e. The van der Waals surface area contributed by atoms with Crippen molar-refractivity contribution < 1.29 is 14.6 Å². The van der Waals surface area contributed by atoms with E-state index in [9.17, 15) is 9.90 Å². The van der Waals surface area contributed by atoms with Gasteiger partial charge in [0.25, 0.3) is 0 Å². The minimum Gasteiger partial charge on any atom is -0.479 e. The monoisotopic (exact) mass is 568 g/mol. The molecule has 3 aromatic rings. The predicted molar refractivity (Wildman–Crippen MR) is 151 cm³/mol. The maximum atomic E-state index is 12.6. The molecule has 37 heavy (non-hydrogen) atoms. The van der Waals surface area contributed by atoms with Crippen molar-refractivity contribution in [2.45, 2.75) is 72.0 Å². The van der Waals surface area contributed by atoms with E-state index < -0.39 is 17.7 Å². The fraction of sp³-hybridized carbons (Fsp3) is 0.483. The van der Waals surface area contributed by atoms with Crippen molar-refractivity contribution in [3.05, 3.63) is 58.7 Å². The van der Waals surface area contributed by atoms with Crippen LogP contribution in [0.2, 0.25) is 0 Å². The molecule has 198 valence electrons. The number of benzene rings is 1. The zero-order valence-corrected chi connectivity index (χ0v) is 24.0. The van der Waals surface area contributed by atoms with Gasteiger partial charge in [0.1, 0.15) is 5.82 Å². The number of ether oxygens (including phenoxy) is 1. The highest BCUT2D eigenvalue weighted by Crippen LogP contribution is 2.41. The maximum Gasteiger partial charge on any atom is 0.337 e. The Labute approximate surface area is 227 Å². The first-order chi connectivity index (χ1) is 17.4. The van der Waals surface area contributed by atoms with Crippen LogP contribution in [0, 0.1) is 12.3 Å². The van der Waals surface area contributed by atoms with Crippen LogP contribution in [0.1, 0.15) is 70.7 Å². The van der Waals surface area contributed by atoms with Crippen molar-refractivity contribution in [1.29, 1.82) is 0 Å². The summed E-state index contributed by atoms with van der Waals surface area (Å²) in [5.41, 5.74) is 3.20. The zero-order chi connectivity index (χ0) is 27.0. The van der Waals surface area contributed by atoms with Gasteiger partial charge in [-0.05, 0) is 70.9 Å². The summed E-state index contributed by atoms with van der Waals surface area (Å²) in [6.07, 6.45) is 4.92. The molecule has 1 unspecified atom stereocenters. The van der Waals surface area contributed by atoms with Crippen molar-refractivity contribution >= 4 is 33.4 Å². The zero-order valence-electron chi connectivity index (χ0n) is 22.4. The highest BCUT2D eigenvalue weighted by molar-refractivity contribution is 9.10. The summed E-state index contributed by atoms with van der Waals surface area (Å²) < 4.78 is 8.90. The highest BCUT2D eigenvalue weighted by Gasteiger charge is 2.37. The molecule has 1 saturated heterocycles. The number of aryl methyl sites for hydroxylation is 1. The van der Waals surface area contributed by atoms with Crippen molar-refractivity contribution in [3.63, 3.8) is 0 Å². The summed E-state index contributed by atoms with van der Waals surface area (Å²) in [5.74, 6) is -0.279. The van der Waals surface area contributed by atoms with Gasteiger partial charge in [0.2, 0.25) is 0 Å². The first kappa shape index (κ1) is 27.3. The van der Waals surface area contributed by atoms with Crippen LogP contribution in [-0.2, 0) is 9.53 Å². The second-order valence-electron chi connectivity index (χ2n) is 11.3. The molecule has 1 aliphatic rings. The van der Waals surface area contributed by atoms with Crippen LogP contribution in [0.4, 0.5) is 5.82 Å². The Balaban J connectivity index is 1.87. The molecule has 1 aromatic carbocycles. The third-order valence-electron chi connectivity index (χ3n) is 7.10. The van der Waals surface area contributed by atoms with Gasteiger partial charge in [-0.2, -0.15) is 9.61 Å². The number of hydrogen-bond donors (Lipinski definition) is 1. The number of hydrogen-bond acceptors (Lipinski definition) is 5. The van der Waals surface area contributed by atoms with Crippen molar-refractivity contribution in [3.8, 4) is 11.3 Å². The van der Waals surface area contributed by atoms with Gasteiger partial charge in [0.05, 0.1) is 16.9 Å². The molecule has 0 aliphatic carbocycles. The average molecular weight is 570 g/mol. The van der Waals surface area contributed by atoms with Crippen LogP contribution in [0.25, 0.3) is 16.9 Å². The minimum atomic E-state index is -1.17. The molecule has 1 aliphatic heterocycles. The number of carboxylic acids is 1. The smallest absolute Gasteiger partial charge is 0.337 e. The quantitative estimate of drug-likeness (QED) is 0.295. The van der Waals surface area contributed by atoms with E-state index in [1.165, 1.54) is 0 Å². The highest BCUT2D eigenvalue weighted by atomic mass is 79.9. The first-order valence-corrected chi connectivity index (χ1v) is 13.6. The number of nitrogens with zero attached hydrogens (tertiary/aromatic N) is 4. The van der Waals surface area contributed by atoms with E-state index in [2.05, 4.69) is 34.3 Å². The van der Waals surface area contributed by atoms with Gasteiger partial charge in [0, 0.05) is 34.9 Å². The van der Waals surface area contributed by atoms with Gasteiger partial charge >= 0.3 is 5.97 Å². The van der Waals surface area contributed by atoms with Crippen LogP contribution < -0.4 is 4.90 Å². The van der Waals surface area contributed by atoms with E-state index in [0.29, 0.717) is 16.9 Å². The normalized spacial score (nSPS) is 16.6. The van der Waals surface area contributed by atoms with Crippen molar-refractivity contribution in [2.75, 3.05) is 18.0 Å². The predicted octanol–water partition coefficient (Wildman–Crippen LogP) is 6.98. The number of carboxylic acid groups (broad SMARTS) is 1. The number of aliphatic carboxylic acids is 1. The van der Waals surface area contributed by atoms with E-state index in [0.717, 1.165) is 60.3 Å². The number of piperidine rings is 1. The topological polar surface area (TPSA) is 80.0 Å². The van der Waals surface area contributed by atoms with Crippen molar-refractivity contribution in [2.24, 2.45) is 5.41 Å². The molecule has 1 atom stereocenters. The van der Waals surface area contributed by atoms with Gasteiger partial charge < -0.3 is 14.7 Å². The molecular formula is C29H37BrN4O3. The number of fused-ring (bicyclic) bond motifs is 1. The number of allylic oxidation sites excluding steroid dienone is 1. The fourth-order valence-electron chi connectivity index (χ4n) is 5.06. The third kappa shape index (κ3) is 6.07. The summed E-state index contributed by atoms with van der Waals surface area (Å²) in [5, 5.41) is 15.2. The standard InChI is InChI=1S/C29H37BrN4O3/c1-7-8-12-29(6)13-15-33(16-14-29)26-24(25(27(35)36)37-28(3,4)5)19(2)31-23-18-22(32-34(23)26)20-10-9-11-21(30)17-20/h7,9-11,17-18,25H,1,8,12-16H2,2-6H3,(H,35,36). The molecule has 7 nitrogen and oxygen atoms in total. The number of carbonyl (C=O) groups is 1. The molecule has 1 fully saturated rings. The summed E-state index contributed by atoms with van der Waals surface area (Å²) in [6, 6.07) is 9.93. The SMILES string of the molecule is C=CCCC1(C)CCN(c2c(C(OC(C)(C)C)C(=O)O)c(C)nc3cc(-c4cccc(Br)c4)nn23)CC1. The Hall–Kier alpha value is -2.71. The summed E-state index contributed by atoms with van der Waals surface area (Å²) in [4.78, 5) is 19.7. The second-order valence-corrected chi connectivity index (χ2v) is 12.2. The average Bonchev–Trinajstić information content (AvgIpc) is 3.24. The Kier molecular flexibility index (Phi) is 7.81. The van der Waals surface area contributed by atoms with Crippen LogP contribution in [0.5, 0.6) is 0 Å². The van der Waals surface area contributed by atoms with Crippen LogP contribution in [0.15, 0.2) is 47.5 Å². The number of rotatable bonds is 8. The Bertz CT molecular complexity index is 1300. The van der Waals surface area contributed by atoms with Crippen LogP contribution in [0.3, 0.4) is 0 Å². The number of halogens is 1. The molecule has 3 heterocycles. The molecule has 0 bridgehead atoms. The Morgan fingerprint density at radius 2 is 2.00 bits per heavy atom. The molecule has 0 radical (unpaired) electrons. The Morgan fingerprint density at radius 1 is 1.30 bits per heavy atom. The van der Waals surface area contributed by atoms with Gasteiger partial charge in [-0.15, -0.1) is 6.58 Å². The van der Waals surface area contributed by atoms with E-state index in [-0.39, 0.29) is 5.41 Å². The minimum absolute atomic E-state index is 0.228. The second kappa shape index (κ2) is 10.6. The molecule has 8 heteroatoms. The van der Waals surface area contributed by atoms with Crippen LogP contribution in [-0.4, -0.2) is 44.4 Å². The molecule has 0 spiro atoms. The molecular weight excluding hydrogens is 532 g/mol. The fourth-order valence-corrected chi connectivity index (χ4v) is 5.46. The molecule has 0 saturated carbocycles. The lowest BCUT2D eigenvalue weighted by atomic mass is 9.76. The van der Waals surface area contributed by atoms with E-state index in [1.54, 1.807) is 0 Å². The van der Waals surface area contributed by atoms with Gasteiger partial charge in [-0.1, -0.05) is 41.1 Å². The number of anilines is 1. The van der Waals surface area contributed by atoms with E-state index in [1.807, 2.05) is 68.6 Å². The number of aromatic nitrogens is 3.